The Morgan fingerprint density at radius 2 is 1.96 bits per heavy atom. The maximum Gasteiger partial charge on any atom is 0.295 e. The summed E-state index contributed by atoms with van der Waals surface area (Å²) in [4.78, 5) is 12.3. The molecule has 0 spiro atoms. The minimum atomic E-state index is -4.20. The quantitative estimate of drug-likeness (QED) is 0.307. The molecule has 4 N–H and O–H groups in total. The van der Waals surface area contributed by atoms with E-state index in [0.717, 1.165) is 23.1 Å². The molecule has 0 aromatic heterocycles. The zero-order chi connectivity index (χ0) is 18.7. The van der Waals surface area contributed by atoms with Crippen LogP contribution in [0.4, 0.5) is 0 Å². The van der Waals surface area contributed by atoms with Crippen molar-refractivity contribution in [3.05, 3.63) is 76.9 Å². The molecule has 134 valence electrons. The molecule has 26 heavy (non-hydrogen) atoms. The molecule has 0 heterocycles. The van der Waals surface area contributed by atoms with Crippen LogP contribution in [0, 0.1) is 5.41 Å². The third-order valence-corrected chi connectivity index (χ3v) is 4.87. The summed E-state index contributed by atoms with van der Waals surface area (Å²) in [7, 11) is -4.20. The number of hydroxylamine groups is 1. The Bertz CT molecular complexity index is 1010. The summed E-state index contributed by atoms with van der Waals surface area (Å²) < 4.78 is 27.8. The number of guanidine groups is 1. The third kappa shape index (κ3) is 3.98. The first-order valence-electron chi connectivity index (χ1n) is 7.79. The first-order chi connectivity index (χ1) is 12.4. The summed E-state index contributed by atoms with van der Waals surface area (Å²) in [5, 5.41) is 6.89. The highest BCUT2D eigenvalue weighted by molar-refractivity contribution is 7.87. The number of nitrogens with one attached hydrogen (secondary N) is 2. The molecule has 7 nitrogen and oxygen atoms in total. The maximum atomic E-state index is 12.3. The van der Waals surface area contributed by atoms with Crippen LogP contribution in [0.15, 0.2) is 54.6 Å². The van der Waals surface area contributed by atoms with Crippen LogP contribution in [0.25, 0.3) is 5.57 Å². The number of ketones is 1. The van der Waals surface area contributed by atoms with Gasteiger partial charge in [0.25, 0.3) is 10.1 Å². The Hall–Kier alpha value is -2.97. The number of hydrogen-bond donors (Lipinski definition) is 3. The molecule has 2 aromatic carbocycles. The van der Waals surface area contributed by atoms with E-state index in [2.05, 4.69) is 16.4 Å². The molecular weight excluding hydrogens is 354 g/mol. The summed E-state index contributed by atoms with van der Waals surface area (Å²) in [5.41, 5.74) is 11.1. The second-order valence-electron chi connectivity index (χ2n) is 5.78. The van der Waals surface area contributed by atoms with Gasteiger partial charge in [0.05, 0.1) is 0 Å². The minimum absolute atomic E-state index is 0.266. The Morgan fingerprint density at radius 3 is 2.73 bits per heavy atom. The van der Waals surface area contributed by atoms with Crippen molar-refractivity contribution in [2.24, 2.45) is 5.73 Å². The van der Waals surface area contributed by atoms with Crippen molar-refractivity contribution < 1.29 is 17.5 Å². The topological polar surface area (TPSA) is 122 Å². The van der Waals surface area contributed by atoms with Gasteiger partial charge in [-0.05, 0) is 34.8 Å². The van der Waals surface area contributed by atoms with Gasteiger partial charge in [-0.15, -0.1) is 4.28 Å². The van der Waals surface area contributed by atoms with Crippen LogP contribution in [0.2, 0.25) is 0 Å². The van der Waals surface area contributed by atoms with E-state index in [1.807, 2.05) is 24.3 Å². The molecule has 3 rings (SSSR count). The van der Waals surface area contributed by atoms with Gasteiger partial charge in [-0.3, -0.25) is 10.2 Å². The maximum absolute atomic E-state index is 12.3. The van der Waals surface area contributed by atoms with Crippen LogP contribution in [0.5, 0.6) is 0 Å². The molecule has 0 saturated carbocycles. The summed E-state index contributed by atoms with van der Waals surface area (Å²) in [6.07, 6.45) is 2.91. The molecule has 1 aliphatic rings. The first kappa shape index (κ1) is 17.8. The second-order valence-corrected chi connectivity index (χ2v) is 7.35. The Labute approximate surface area is 151 Å². The fourth-order valence-corrected chi connectivity index (χ4v) is 3.56. The Morgan fingerprint density at radius 1 is 1.19 bits per heavy atom. The SMILES string of the molecule is N=C(N)NOS(=O)(=O)CC(=O)c1cccc(C2=CCc3ccccc32)c1. The van der Waals surface area contributed by atoms with Gasteiger partial charge >= 0.3 is 0 Å². The number of fused-ring (bicyclic) bond motifs is 1. The van der Waals surface area contributed by atoms with E-state index in [1.165, 1.54) is 5.56 Å². The third-order valence-electron chi connectivity index (χ3n) is 3.92. The van der Waals surface area contributed by atoms with E-state index in [0.29, 0.717) is 0 Å². The van der Waals surface area contributed by atoms with E-state index in [4.69, 9.17) is 11.1 Å². The van der Waals surface area contributed by atoms with Gasteiger partial charge in [-0.2, -0.15) is 8.42 Å². The summed E-state index contributed by atoms with van der Waals surface area (Å²) >= 11 is 0. The highest BCUT2D eigenvalue weighted by Crippen LogP contribution is 2.32. The Kier molecular flexibility index (Phi) is 4.88. The first-order valence-corrected chi connectivity index (χ1v) is 9.37. The molecule has 0 aliphatic heterocycles. The summed E-state index contributed by atoms with van der Waals surface area (Å²) in [6.45, 7) is 0. The average Bonchev–Trinajstić information content (AvgIpc) is 3.04. The van der Waals surface area contributed by atoms with Gasteiger partial charge in [-0.1, -0.05) is 48.5 Å². The number of rotatable bonds is 6. The molecule has 0 fully saturated rings. The van der Waals surface area contributed by atoms with Gasteiger partial charge in [0.2, 0.25) is 5.96 Å². The van der Waals surface area contributed by atoms with Crippen LogP contribution in [0.3, 0.4) is 0 Å². The fourth-order valence-electron chi connectivity index (χ4n) is 2.80. The molecular formula is C18H17N3O4S. The zero-order valence-electron chi connectivity index (χ0n) is 13.7. The van der Waals surface area contributed by atoms with E-state index < -0.39 is 27.6 Å². The Balaban J connectivity index is 1.80. The van der Waals surface area contributed by atoms with Crippen molar-refractivity contribution in [1.82, 2.24) is 5.48 Å². The number of nitrogens with two attached hydrogens (primary N) is 1. The highest BCUT2D eigenvalue weighted by atomic mass is 32.2. The van der Waals surface area contributed by atoms with Gasteiger partial charge in [-0.25, -0.2) is 5.48 Å². The number of Topliss-reactive ketones (excluding diaryl/α,β-unsaturated/α-hetero) is 1. The highest BCUT2D eigenvalue weighted by Gasteiger charge is 2.21. The van der Waals surface area contributed by atoms with Crippen molar-refractivity contribution in [2.45, 2.75) is 6.42 Å². The fraction of sp³-hybridized carbons (Fsp3) is 0.111. The van der Waals surface area contributed by atoms with Crippen molar-refractivity contribution in [2.75, 3.05) is 5.75 Å². The second kappa shape index (κ2) is 7.11. The molecule has 8 heteroatoms. The largest absolute Gasteiger partial charge is 0.368 e. The lowest BCUT2D eigenvalue weighted by Crippen LogP contribution is -2.34. The predicted molar refractivity (Wildman–Crippen MR) is 97.9 cm³/mol. The van der Waals surface area contributed by atoms with Gasteiger partial charge in [0, 0.05) is 5.56 Å². The van der Waals surface area contributed by atoms with Gasteiger partial charge in [0.1, 0.15) is 5.75 Å². The van der Waals surface area contributed by atoms with Gasteiger partial charge in [0.15, 0.2) is 5.78 Å². The van der Waals surface area contributed by atoms with Crippen molar-refractivity contribution >= 4 is 27.4 Å². The molecule has 0 unspecified atom stereocenters. The monoisotopic (exact) mass is 371 g/mol. The molecule has 0 saturated heterocycles. The normalized spacial score (nSPS) is 13.0. The number of carbonyl (C=O) groups excluding carboxylic acids is 1. The van der Waals surface area contributed by atoms with E-state index in [-0.39, 0.29) is 5.56 Å². The van der Waals surface area contributed by atoms with E-state index in [1.54, 1.807) is 23.7 Å². The summed E-state index contributed by atoms with van der Waals surface area (Å²) in [5.74, 6) is -2.13. The molecule has 0 amide bonds. The number of benzene rings is 2. The zero-order valence-corrected chi connectivity index (χ0v) is 14.5. The number of allylic oxidation sites excluding steroid dienone is 1. The van der Waals surface area contributed by atoms with Crippen LogP contribution in [-0.2, 0) is 20.8 Å². The number of carbonyl (C=O) groups is 1. The minimum Gasteiger partial charge on any atom is -0.368 e. The van der Waals surface area contributed by atoms with E-state index in [9.17, 15) is 13.2 Å². The van der Waals surface area contributed by atoms with Gasteiger partial charge < -0.3 is 5.73 Å². The molecule has 0 radical (unpaired) electrons. The predicted octanol–water partition coefficient (Wildman–Crippen LogP) is 1.60. The summed E-state index contributed by atoms with van der Waals surface area (Å²) in [6, 6.07) is 14.8. The molecule has 0 bridgehead atoms. The number of hydrogen-bond acceptors (Lipinski definition) is 5. The van der Waals surface area contributed by atoms with Crippen molar-refractivity contribution in [3.63, 3.8) is 0 Å². The molecule has 2 aromatic rings. The molecule has 1 aliphatic carbocycles. The van der Waals surface area contributed by atoms with Crippen LogP contribution >= 0.6 is 0 Å². The van der Waals surface area contributed by atoms with Crippen LogP contribution in [0.1, 0.15) is 27.0 Å². The lowest BCUT2D eigenvalue weighted by Gasteiger charge is -2.09. The average molecular weight is 371 g/mol. The van der Waals surface area contributed by atoms with E-state index >= 15 is 0 Å². The molecule has 0 atom stereocenters. The van der Waals surface area contributed by atoms with Crippen molar-refractivity contribution in [1.29, 1.82) is 5.41 Å². The lowest BCUT2D eigenvalue weighted by atomic mass is 9.97. The standard InChI is InChI=1S/C18H17N3O4S/c19-18(20)21-25-26(23,24)11-17(22)14-6-3-5-13(10-14)16-9-8-12-4-1-2-7-15(12)16/h1-7,9-10H,8,11H2,(H4,19,20,21). The lowest BCUT2D eigenvalue weighted by molar-refractivity contribution is 0.101. The smallest absolute Gasteiger partial charge is 0.295 e. The van der Waals surface area contributed by atoms with Crippen LogP contribution < -0.4 is 11.2 Å². The van der Waals surface area contributed by atoms with Crippen LogP contribution in [-0.4, -0.2) is 25.9 Å². The van der Waals surface area contributed by atoms with Crippen molar-refractivity contribution in [3.8, 4) is 0 Å².